The first-order valence-corrected chi connectivity index (χ1v) is 8.44. The van der Waals surface area contributed by atoms with Crippen LogP contribution in [0.2, 0.25) is 0 Å². The molecule has 0 atom stereocenters. The quantitative estimate of drug-likeness (QED) is 0.843. The molecule has 8 heteroatoms. The smallest absolute Gasteiger partial charge is 0.262 e. The van der Waals surface area contributed by atoms with E-state index in [0.717, 1.165) is 0 Å². The number of anilines is 2. The number of nitrogens with zero attached hydrogens (tertiary/aromatic N) is 1. The largest absolute Gasteiger partial charge is 0.490 e. The minimum Gasteiger partial charge on any atom is -0.490 e. The van der Waals surface area contributed by atoms with Crippen LogP contribution in [0.15, 0.2) is 36.4 Å². The third kappa shape index (κ3) is 3.29. The van der Waals surface area contributed by atoms with E-state index >= 15 is 0 Å². The highest BCUT2D eigenvalue weighted by Crippen LogP contribution is 2.35. The lowest BCUT2D eigenvalue weighted by Crippen LogP contribution is -2.38. The summed E-state index contributed by atoms with van der Waals surface area (Å²) < 4.78 is 10.9. The van der Waals surface area contributed by atoms with Gasteiger partial charge in [-0.3, -0.25) is 14.4 Å². The molecule has 0 bridgehead atoms. The zero-order valence-corrected chi connectivity index (χ0v) is 14.4. The van der Waals surface area contributed by atoms with Crippen LogP contribution in [-0.2, 0) is 16.0 Å². The summed E-state index contributed by atoms with van der Waals surface area (Å²) in [5, 5.41) is 2.70. The van der Waals surface area contributed by atoms with E-state index in [1.165, 1.54) is 0 Å². The van der Waals surface area contributed by atoms with Crippen LogP contribution in [0.4, 0.5) is 11.4 Å². The Labute approximate surface area is 154 Å². The minimum absolute atomic E-state index is 0.0419. The molecule has 0 fully saturated rings. The van der Waals surface area contributed by atoms with Gasteiger partial charge in [-0.25, -0.2) is 0 Å². The second kappa shape index (κ2) is 6.64. The van der Waals surface area contributed by atoms with Gasteiger partial charge in [-0.15, -0.1) is 0 Å². The number of hydrogen-bond acceptors (Lipinski definition) is 5. The molecule has 0 saturated heterocycles. The molecule has 0 saturated carbocycles. The number of fused-ring (bicyclic) bond motifs is 2. The molecule has 0 aliphatic carbocycles. The molecule has 0 spiro atoms. The third-order valence-corrected chi connectivity index (χ3v) is 4.37. The van der Waals surface area contributed by atoms with Crippen molar-refractivity contribution >= 4 is 29.1 Å². The number of nitrogens with one attached hydrogen (secondary N) is 1. The molecule has 2 heterocycles. The zero-order chi connectivity index (χ0) is 19.0. The molecular formula is C19H17N3O5. The summed E-state index contributed by atoms with van der Waals surface area (Å²) in [5.41, 5.74) is 7.43. The molecule has 2 aromatic carbocycles. The van der Waals surface area contributed by atoms with Crippen molar-refractivity contribution in [3.8, 4) is 11.5 Å². The number of rotatable bonds is 3. The van der Waals surface area contributed by atoms with Gasteiger partial charge in [0.15, 0.2) is 6.61 Å². The maximum absolute atomic E-state index is 13.1. The Balaban J connectivity index is 1.66. The van der Waals surface area contributed by atoms with Crippen LogP contribution in [0.25, 0.3) is 0 Å². The van der Waals surface area contributed by atoms with Gasteiger partial charge >= 0.3 is 0 Å². The van der Waals surface area contributed by atoms with Gasteiger partial charge in [0, 0.05) is 5.56 Å². The van der Waals surface area contributed by atoms with E-state index in [1.807, 2.05) is 0 Å². The standard InChI is InChI=1S/C19H17N3O5/c20-17(23)8-11-1-3-16-14(7-11)22(5-6-26-16)19(25)12-2-4-15-13(9-12)21-18(24)10-27-15/h1-4,7,9H,5-6,8,10H2,(H2,20,23)(H,21,24). The Morgan fingerprint density at radius 1 is 1.11 bits per heavy atom. The first-order chi connectivity index (χ1) is 13.0. The molecule has 0 radical (unpaired) electrons. The van der Waals surface area contributed by atoms with Gasteiger partial charge in [-0.2, -0.15) is 0 Å². The summed E-state index contributed by atoms with van der Waals surface area (Å²) in [6.45, 7) is 0.685. The van der Waals surface area contributed by atoms with Crippen LogP contribution in [0.3, 0.4) is 0 Å². The van der Waals surface area contributed by atoms with Crippen molar-refractivity contribution in [2.75, 3.05) is 30.0 Å². The number of amides is 3. The molecule has 0 aromatic heterocycles. The Morgan fingerprint density at radius 3 is 2.74 bits per heavy atom. The van der Waals surface area contributed by atoms with Gasteiger partial charge in [-0.1, -0.05) is 6.07 Å². The maximum Gasteiger partial charge on any atom is 0.262 e. The molecule has 8 nitrogen and oxygen atoms in total. The molecular weight excluding hydrogens is 350 g/mol. The van der Waals surface area contributed by atoms with Crippen LogP contribution in [0.5, 0.6) is 11.5 Å². The van der Waals surface area contributed by atoms with E-state index in [1.54, 1.807) is 41.3 Å². The number of hydrogen-bond donors (Lipinski definition) is 2. The van der Waals surface area contributed by atoms with Crippen LogP contribution in [-0.4, -0.2) is 37.5 Å². The van der Waals surface area contributed by atoms with Gasteiger partial charge in [0.1, 0.15) is 18.1 Å². The van der Waals surface area contributed by atoms with Crippen molar-refractivity contribution in [2.24, 2.45) is 5.73 Å². The van der Waals surface area contributed by atoms with Gasteiger partial charge < -0.3 is 25.4 Å². The molecule has 3 N–H and O–H groups in total. The van der Waals surface area contributed by atoms with E-state index in [4.69, 9.17) is 15.2 Å². The van der Waals surface area contributed by atoms with Crippen LogP contribution < -0.4 is 25.4 Å². The zero-order valence-electron chi connectivity index (χ0n) is 14.4. The topological polar surface area (TPSA) is 111 Å². The number of primary amides is 1. The molecule has 0 unspecified atom stereocenters. The number of carbonyl (C=O) groups is 3. The average molecular weight is 367 g/mol. The fourth-order valence-corrected chi connectivity index (χ4v) is 3.16. The molecule has 2 aromatic rings. The van der Waals surface area contributed by atoms with E-state index in [-0.39, 0.29) is 24.8 Å². The van der Waals surface area contributed by atoms with Crippen LogP contribution >= 0.6 is 0 Å². The van der Waals surface area contributed by atoms with Crippen molar-refractivity contribution in [3.63, 3.8) is 0 Å². The fraction of sp³-hybridized carbons (Fsp3) is 0.211. The summed E-state index contributed by atoms with van der Waals surface area (Å²) in [6, 6.07) is 10.1. The van der Waals surface area contributed by atoms with Crippen molar-refractivity contribution in [1.82, 2.24) is 0 Å². The maximum atomic E-state index is 13.1. The molecule has 2 aliphatic heterocycles. The van der Waals surface area contributed by atoms with E-state index < -0.39 is 5.91 Å². The summed E-state index contributed by atoms with van der Waals surface area (Å²) in [6.07, 6.45) is 0.0809. The number of nitrogens with two attached hydrogens (primary N) is 1. The van der Waals surface area contributed by atoms with E-state index in [0.29, 0.717) is 47.2 Å². The molecule has 2 aliphatic rings. The first kappa shape index (κ1) is 16.9. The van der Waals surface area contributed by atoms with Crippen molar-refractivity contribution in [3.05, 3.63) is 47.5 Å². The second-order valence-corrected chi connectivity index (χ2v) is 6.30. The third-order valence-electron chi connectivity index (χ3n) is 4.37. The highest BCUT2D eigenvalue weighted by atomic mass is 16.5. The Bertz CT molecular complexity index is 956. The first-order valence-electron chi connectivity index (χ1n) is 8.44. The van der Waals surface area contributed by atoms with Gasteiger partial charge in [0.2, 0.25) is 5.91 Å². The van der Waals surface area contributed by atoms with Crippen LogP contribution in [0.1, 0.15) is 15.9 Å². The summed E-state index contributed by atoms with van der Waals surface area (Å²) in [4.78, 5) is 37.4. The normalized spacial score (nSPS) is 15.0. The van der Waals surface area contributed by atoms with Gasteiger partial charge in [0.25, 0.3) is 11.8 Å². The van der Waals surface area contributed by atoms with Crippen LogP contribution in [0, 0.1) is 0 Å². The predicted molar refractivity (Wildman–Crippen MR) is 97.1 cm³/mol. The number of benzene rings is 2. The summed E-state index contributed by atoms with van der Waals surface area (Å²) in [5.74, 6) is 0.142. The minimum atomic E-state index is -0.449. The van der Waals surface area contributed by atoms with E-state index in [2.05, 4.69) is 5.32 Å². The predicted octanol–water partition coefficient (Wildman–Crippen LogP) is 1.08. The summed E-state index contributed by atoms with van der Waals surface area (Å²) >= 11 is 0. The van der Waals surface area contributed by atoms with Crippen molar-refractivity contribution in [2.45, 2.75) is 6.42 Å². The number of ether oxygens (including phenoxy) is 2. The molecule has 4 rings (SSSR count). The molecule has 3 amide bonds. The van der Waals surface area contributed by atoms with E-state index in [9.17, 15) is 14.4 Å². The highest BCUT2D eigenvalue weighted by molar-refractivity contribution is 6.08. The summed E-state index contributed by atoms with van der Waals surface area (Å²) in [7, 11) is 0. The molecule has 138 valence electrons. The second-order valence-electron chi connectivity index (χ2n) is 6.30. The lowest BCUT2D eigenvalue weighted by Gasteiger charge is -2.30. The highest BCUT2D eigenvalue weighted by Gasteiger charge is 2.26. The fourth-order valence-electron chi connectivity index (χ4n) is 3.16. The Hall–Kier alpha value is -3.55. The average Bonchev–Trinajstić information content (AvgIpc) is 2.66. The van der Waals surface area contributed by atoms with Gasteiger partial charge in [0.05, 0.1) is 24.3 Å². The Kier molecular flexibility index (Phi) is 4.15. The SMILES string of the molecule is NC(=O)Cc1ccc2c(c1)N(C(=O)c1ccc3c(c1)NC(=O)CO3)CCO2. The monoisotopic (exact) mass is 367 g/mol. The molecule has 27 heavy (non-hydrogen) atoms. The lowest BCUT2D eigenvalue weighted by atomic mass is 10.1. The Morgan fingerprint density at radius 2 is 1.93 bits per heavy atom. The van der Waals surface area contributed by atoms with Crippen molar-refractivity contribution < 1.29 is 23.9 Å². The van der Waals surface area contributed by atoms with Gasteiger partial charge in [-0.05, 0) is 35.9 Å². The number of carbonyl (C=O) groups excluding carboxylic acids is 3. The van der Waals surface area contributed by atoms with Crippen molar-refractivity contribution in [1.29, 1.82) is 0 Å². The lowest BCUT2D eigenvalue weighted by molar-refractivity contribution is -0.119.